The molecule has 1 fully saturated rings. The van der Waals surface area contributed by atoms with Gasteiger partial charge in [-0.25, -0.2) is 0 Å². The maximum absolute atomic E-state index is 5.18. The fraction of sp³-hybridized carbons (Fsp3) is 0.483. The number of benzene rings is 2. The highest BCUT2D eigenvalue weighted by Crippen LogP contribution is 2.41. The third-order valence-corrected chi connectivity index (χ3v) is 7.67. The predicted molar refractivity (Wildman–Crippen MR) is 139 cm³/mol. The second-order valence-corrected chi connectivity index (χ2v) is 10.7. The SMILES string of the molecule is CCC1CCC(Cn2nc(SC)c(-c3cccc(CC(C)C)c3)c2-c2ccccc2)CC1. The Bertz CT molecular complexity index is 997. The molecule has 3 heteroatoms. The van der Waals surface area contributed by atoms with E-state index in [1.165, 1.54) is 60.1 Å². The standard InChI is InChI=1S/C29H38N2S/c1-5-22-14-16-23(17-15-22)20-31-28(25-11-7-6-8-12-25)27(29(30-31)32-4)26-13-9-10-24(19-26)18-21(2)3/h6-13,19,21-23H,5,14-18,20H2,1-4H3. The minimum Gasteiger partial charge on any atom is -0.263 e. The van der Waals surface area contributed by atoms with Crippen molar-refractivity contribution < 1.29 is 0 Å². The first-order chi connectivity index (χ1) is 15.6. The van der Waals surface area contributed by atoms with Crippen molar-refractivity contribution in [2.24, 2.45) is 17.8 Å². The largest absolute Gasteiger partial charge is 0.263 e. The van der Waals surface area contributed by atoms with Crippen LogP contribution in [0.2, 0.25) is 0 Å². The summed E-state index contributed by atoms with van der Waals surface area (Å²) in [6.45, 7) is 7.96. The third kappa shape index (κ3) is 5.31. The number of thioether (sulfide) groups is 1. The molecular weight excluding hydrogens is 408 g/mol. The molecule has 1 saturated carbocycles. The van der Waals surface area contributed by atoms with E-state index in [-0.39, 0.29) is 0 Å². The summed E-state index contributed by atoms with van der Waals surface area (Å²) in [5.74, 6) is 2.31. The zero-order chi connectivity index (χ0) is 22.5. The van der Waals surface area contributed by atoms with Gasteiger partial charge in [0.15, 0.2) is 0 Å². The van der Waals surface area contributed by atoms with Gasteiger partial charge in [-0.15, -0.1) is 11.8 Å². The molecule has 4 rings (SSSR count). The van der Waals surface area contributed by atoms with Crippen LogP contribution in [-0.4, -0.2) is 16.0 Å². The molecule has 1 heterocycles. The number of nitrogens with zero attached hydrogens (tertiary/aromatic N) is 2. The summed E-state index contributed by atoms with van der Waals surface area (Å²) in [5, 5.41) is 6.33. The molecule has 1 aliphatic carbocycles. The summed E-state index contributed by atoms with van der Waals surface area (Å²) in [6, 6.07) is 20.0. The Morgan fingerprint density at radius 3 is 2.28 bits per heavy atom. The zero-order valence-electron chi connectivity index (χ0n) is 20.2. The molecule has 0 spiro atoms. The first kappa shape index (κ1) is 23.2. The van der Waals surface area contributed by atoms with E-state index in [1.54, 1.807) is 11.8 Å². The molecule has 170 valence electrons. The van der Waals surface area contributed by atoms with Crippen LogP contribution < -0.4 is 0 Å². The summed E-state index contributed by atoms with van der Waals surface area (Å²) in [5.41, 5.74) is 6.57. The third-order valence-electron chi connectivity index (χ3n) is 7.00. The van der Waals surface area contributed by atoms with E-state index < -0.39 is 0 Å². The normalized spacial score (nSPS) is 18.9. The van der Waals surface area contributed by atoms with Crippen LogP contribution in [0.1, 0.15) is 58.4 Å². The van der Waals surface area contributed by atoms with Gasteiger partial charge in [-0.2, -0.15) is 5.10 Å². The molecular formula is C29H38N2S. The first-order valence-electron chi connectivity index (χ1n) is 12.4. The monoisotopic (exact) mass is 446 g/mol. The minimum atomic E-state index is 0.653. The van der Waals surface area contributed by atoms with E-state index in [0.717, 1.165) is 29.8 Å². The molecule has 3 aromatic rings. The Hall–Kier alpha value is -2.00. The lowest BCUT2D eigenvalue weighted by molar-refractivity contribution is 0.242. The second-order valence-electron chi connectivity index (χ2n) is 9.87. The van der Waals surface area contributed by atoms with E-state index in [2.05, 4.69) is 86.3 Å². The minimum absolute atomic E-state index is 0.653. The van der Waals surface area contributed by atoms with Gasteiger partial charge in [-0.3, -0.25) is 4.68 Å². The van der Waals surface area contributed by atoms with Crippen LogP contribution in [0.4, 0.5) is 0 Å². The van der Waals surface area contributed by atoms with Crippen LogP contribution in [0, 0.1) is 17.8 Å². The molecule has 0 N–H and O–H groups in total. The Kier molecular flexibility index (Phi) is 7.78. The Labute approximate surface area is 198 Å². The van der Waals surface area contributed by atoms with Crippen molar-refractivity contribution in [2.45, 2.75) is 70.9 Å². The van der Waals surface area contributed by atoms with Crippen molar-refractivity contribution in [3.05, 3.63) is 60.2 Å². The maximum Gasteiger partial charge on any atom is 0.126 e. The van der Waals surface area contributed by atoms with Crippen LogP contribution in [0.25, 0.3) is 22.4 Å². The van der Waals surface area contributed by atoms with Gasteiger partial charge in [0.05, 0.1) is 5.69 Å². The zero-order valence-corrected chi connectivity index (χ0v) is 21.0. The Balaban J connectivity index is 1.76. The fourth-order valence-corrected chi connectivity index (χ4v) is 5.86. The highest BCUT2D eigenvalue weighted by Gasteiger charge is 2.25. The van der Waals surface area contributed by atoms with Crippen molar-refractivity contribution in [2.75, 3.05) is 6.26 Å². The highest BCUT2D eigenvalue weighted by atomic mass is 32.2. The number of hydrogen-bond donors (Lipinski definition) is 0. The molecule has 0 atom stereocenters. The number of aromatic nitrogens is 2. The van der Waals surface area contributed by atoms with Crippen molar-refractivity contribution >= 4 is 11.8 Å². The van der Waals surface area contributed by atoms with E-state index in [0.29, 0.717) is 5.92 Å². The summed E-state index contributed by atoms with van der Waals surface area (Å²) in [4.78, 5) is 0. The summed E-state index contributed by atoms with van der Waals surface area (Å²) >= 11 is 1.77. The lowest BCUT2D eigenvalue weighted by atomic mass is 9.81. The molecule has 0 amide bonds. The van der Waals surface area contributed by atoms with Gasteiger partial charge in [0, 0.05) is 17.7 Å². The molecule has 32 heavy (non-hydrogen) atoms. The van der Waals surface area contributed by atoms with Gasteiger partial charge in [0.25, 0.3) is 0 Å². The highest BCUT2D eigenvalue weighted by molar-refractivity contribution is 7.98. The number of rotatable bonds is 8. The maximum atomic E-state index is 5.18. The molecule has 1 aliphatic rings. The lowest BCUT2D eigenvalue weighted by Crippen LogP contribution is -2.19. The summed E-state index contributed by atoms with van der Waals surface area (Å²) in [7, 11) is 0. The van der Waals surface area contributed by atoms with E-state index in [1.807, 2.05) is 0 Å². The van der Waals surface area contributed by atoms with Crippen LogP contribution in [0.15, 0.2) is 59.6 Å². The molecule has 0 bridgehead atoms. The van der Waals surface area contributed by atoms with Crippen molar-refractivity contribution in [3.8, 4) is 22.4 Å². The first-order valence-corrected chi connectivity index (χ1v) is 13.6. The number of hydrogen-bond acceptors (Lipinski definition) is 2. The quantitative estimate of drug-likeness (QED) is 0.323. The second kappa shape index (κ2) is 10.7. The summed E-state index contributed by atoms with van der Waals surface area (Å²) < 4.78 is 2.34. The molecule has 0 saturated heterocycles. The van der Waals surface area contributed by atoms with Gasteiger partial charge in [0.1, 0.15) is 5.03 Å². The van der Waals surface area contributed by atoms with Gasteiger partial charge >= 0.3 is 0 Å². The Morgan fingerprint density at radius 2 is 1.62 bits per heavy atom. The van der Waals surface area contributed by atoms with E-state index >= 15 is 0 Å². The van der Waals surface area contributed by atoms with Crippen LogP contribution in [-0.2, 0) is 13.0 Å². The smallest absolute Gasteiger partial charge is 0.126 e. The predicted octanol–water partition coefficient (Wildman–Crippen LogP) is 8.35. The van der Waals surface area contributed by atoms with Gasteiger partial charge in [-0.1, -0.05) is 94.6 Å². The van der Waals surface area contributed by atoms with E-state index in [4.69, 9.17) is 5.10 Å². The van der Waals surface area contributed by atoms with Crippen LogP contribution >= 0.6 is 11.8 Å². The van der Waals surface area contributed by atoms with Crippen LogP contribution in [0.3, 0.4) is 0 Å². The topological polar surface area (TPSA) is 17.8 Å². The van der Waals surface area contributed by atoms with Crippen LogP contribution in [0.5, 0.6) is 0 Å². The molecule has 0 radical (unpaired) electrons. The Morgan fingerprint density at radius 1 is 0.938 bits per heavy atom. The van der Waals surface area contributed by atoms with Gasteiger partial charge in [-0.05, 0) is 54.4 Å². The molecule has 1 aromatic heterocycles. The average molecular weight is 447 g/mol. The molecule has 0 aliphatic heterocycles. The lowest BCUT2D eigenvalue weighted by Gasteiger charge is -2.28. The van der Waals surface area contributed by atoms with Gasteiger partial charge in [0.2, 0.25) is 0 Å². The van der Waals surface area contributed by atoms with Crippen molar-refractivity contribution in [3.63, 3.8) is 0 Å². The molecule has 2 aromatic carbocycles. The van der Waals surface area contributed by atoms with Crippen molar-refractivity contribution in [1.29, 1.82) is 0 Å². The average Bonchev–Trinajstić information content (AvgIpc) is 3.18. The summed E-state index contributed by atoms with van der Waals surface area (Å²) in [6.07, 6.45) is 10.0. The molecule has 0 unspecified atom stereocenters. The van der Waals surface area contributed by atoms with Gasteiger partial charge < -0.3 is 0 Å². The fourth-order valence-electron chi connectivity index (χ4n) is 5.26. The van der Waals surface area contributed by atoms with E-state index in [9.17, 15) is 0 Å². The van der Waals surface area contributed by atoms with Crippen molar-refractivity contribution in [1.82, 2.24) is 9.78 Å². The molecule has 2 nitrogen and oxygen atoms in total.